The summed E-state index contributed by atoms with van der Waals surface area (Å²) in [5.41, 5.74) is -0.571. The number of allylic oxidation sites excluding steroid dienone is 1. The van der Waals surface area contributed by atoms with E-state index in [9.17, 15) is 15.3 Å². The van der Waals surface area contributed by atoms with Crippen molar-refractivity contribution >= 4 is 0 Å². The van der Waals surface area contributed by atoms with Crippen molar-refractivity contribution in [2.75, 3.05) is 0 Å². The molecule has 1 aliphatic rings. The molecule has 0 aliphatic heterocycles. The zero-order chi connectivity index (χ0) is 14.1. The smallest absolute Gasteiger partial charge is 0.0849 e. The molecule has 1 fully saturated rings. The van der Waals surface area contributed by atoms with Crippen LogP contribution in [0.2, 0.25) is 0 Å². The summed E-state index contributed by atoms with van der Waals surface area (Å²) >= 11 is 0. The molecular weight excluding hydrogens is 228 g/mol. The van der Waals surface area contributed by atoms with Crippen LogP contribution in [0.15, 0.2) is 12.2 Å². The molecule has 0 aromatic rings. The van der Waals surface area contributed by atoms with Gasteiger partial charge in [-0.3, -0.25) is 0 Å². The monoisotopic (exact) mass is 256 g/mol. The van der Waals surface area contributed by atoms with Crippen molar-refractivity contribution in [2.45, 2.75) is 70.7 Å². The van der Waals surface area contributed by atoms with Gasteiger partial charge in [-0.15, -0.1) is 0 Å². The van der Waals surface area contributed by atoms with Gasteiger partial charge >= 0.3 is 0 Å². The Morgan fingerprint density at radius 2 is 2.06 bits per heavy atom. The standard InChI is InChI=1S/C15H28O3/c1-10(6-7-13(16)14(3,4)17)12-8-9-15(5,18)11(12)2/h11-13,16-18H,1,6-9H2,2-5H3/t11-,12+,13+,15+/m0/s1. The number of hydrogen-bond acceptors (Lipinski definition) is 3. The molecule has 1 saturated carbocycles. The van der Waals surface area contributed by atoms with Crippen LogP contribution in [0.4, 0.5) is 0 Å². The summed E-state index contributed by atoms with van der Waals surface area (Å²) in [5, 5.41) is 29.6. The Balaban J connectivity index is 2.48. The summed E-state index contributed by atoms with van der Waals surface area (Å²) in [7, 11) is 0. The maximum absolute atomic E-state index is 10.2. The van der Waals surface area contributed by atoms with E-state index in [0.29, 0.717) is 18.8 Å². The van der Waals surface area contributed by atoms with Crippen LogP contribution in [-0.2, 0) is 0 Å². The summed E-state index contributed by atoms with van der Waals surface area (Å²) in [5.74, 6) is 0.540. The Bertz CT molecular complexity index is 301. The molecular formula is C15H28O3. The minimum absolute atomic E-state index is 0.212. The lowest BCUT2D eigenvalue weighted by molar-refractivity contribution is -0.0513. The third kappa shape index (κ3) is 3.56. The molecule has 4 atom stereocenters. The van der Waals surface area contributed by atoms with Crippen LogP contribution in [0.1, 0.15) is 53.4 Å². The summed E-state index contributed by atoms with van der Waals surface area (Å²) in [6.07, 6.45) is 2.27. The van der Waals surface area contributed by atoms with E-state index in [1.165, 1.54) is 0 Å². The molecule has 106 valence electrons. The summed E-state index contributed by atoms with van der Waals surface area (Å²) in [4.78, 5) is 0. The highest BCUT2D eigenvalue weighted by atomic mass is 16.3. The molecule has 3 N–H and O–H groups in total. The van der Waals surface area contributed by atoms with Crippen molar-refractivity contribution < 1.29 is 15.3 Å². The van der Waals surface area contributed by atoms with Gasteiger partial charge in [0.05, 0.1) is 17.3 Å². The van der Waals surface area contributed by atoms with E-state index in [1.54, 1.807) is 13.8 Å². The number of rotatable bonds is 5. The van der Waals surface area contributed by atoms with E-state index in [-0.39, 0.29) is 5.92 Å². The van der Waals surface area contributed by atoms with Crippen LogP contribution >= 0.6 is 0 Å². The lowest BCUT2D eigenvalue weighted by Gasteiger charge is -2.28. The molecule has 0 radical (unpaired) electrons. The fourth-order valence-electron chi connectivity index (χ4n) is 2.78. The predicted molar refractivity (Wildman–Crippen MR) is 73.2 cm³/mol. The van der Waals surface area contributed by atoms with Crippen LogP contribution in [0, 0.1) is 11.8 Å². The van der Waals surface area contributed by atoms with Crippen molar-refractivity contribution in [1.82, 2.24) is 0 Å². The largest absolute Gasteiger partial charge is 0.390 e. The molecule has 0 amide bonds. The van der Waals surface area contributed by atoms with Crippen LogP contribution < -0.4 is 0 Å². The molecule has 0 spiro atoms. The quantitative estimate of drug-likeness (QED) is 0.661. The first-order valence-corrected chi connectivity index (χ1v) is 6.86. The number of aliphatic hydroxyl groups is 3. The van der Waals surface area contributed by atoms with Crippen LogP contribution in [0.25, 0.3) is 0 Å². The lowest BCUT2D eigenvalue weighted by atomic mass is 9.82. The molecule has 1 rings (SSSR count). The third-order valence-electron chi connectivity index (χ3n) is 4.62. The number of hydrogen-bond donors (Lipinski definition) is 3. The number of aliphatic hydroxyl groups excluding tert-OH is 1. The van der Waals surface area contributed by atoms with Gasteiger partial charge in [-0.1, -0.05) is 19.1 Å². The molecule has 0 heterocycles. The van der Waals surface area contributed by atoms with Crippen molar-refractivity contribution in [1.29, 1.82) is 0 Å². The van der Waals surface area contributed by atoms with Crippen molar-refractivity contribution in [3.63, 3.8) is 0 Å². The minimum atomic E-state index is -1.06. The van der Waals surface area contributed by atoms with Gasteiger partial charge in [-0.2, -0.15) is 0 Å². The second-order valence-corrected chi connectivity index (χ2v) is 6.66. The maximum Gasteiger partial charge on any atom is 0.0849 e. The highest BCUT2D eigenvalue weighted by Gasteiger charge is 2.41. The van der Waals surface area contributed by atoms with Gasteiger partial charge in [-0.05, 0) is 58.3 Å². The Morgan fingerprint density at radius 1 is 1.50 bits per heavy atom. The second-order valence-electron chi connectivity index (χ2n) is 6.66. The van der Waals surface area contributed by atoms with Gasteiger partial charge in [0.25, 0.3) is 0 Å². The van der Waals surface area contributed by atoms with Gasteiger partial charge in [0, 0.05) is 0 Å². The highest BCUT2D eigenvalue weighted by molar-refractivity contribution is 5.09. The van der Waals surface area contributed by atoms with E-state index in [0.717, 1.165) is 18.4 Å². The molecule has 3 nitrogen and oxygen atoms in total. The highest BCUT2D eigenvalue weighted by Crippen LogP contribution is 2.44. The Kier molecular flexibility index (Phi) is 4.63. The van der Waals surface area contributed by atoms with Crippen LogP contribution in [0.3, 0.4) is 0 Å². The summed E-state index contributed by atoms with van der Waals surface area (Å²) < 4.78 is 0. The van der Waals surface area contributed by atoms with Crippen molar-refractivity contribution in [2.24, 2.45) is 11.8 Å². The topological polar surface area (TPSA) is 60.7 Å². The van der Waals surface area contributed by atoms with Crippen LogP contribution in [0.5, 0.6) is 0 Å². The molecule has 1 aliphatic carbocycles. The zero-order valence-corrected chi connectivity index (χ0v) is 12.1. The van der Waals surface area contributed by atoms with Gasteiger partial charge in [-0.25, -0.2) is 0 Å². The van der Waals surface area contributed by atoms with Gasteiger partial charge in [0.2, 0.25) is 0 Å². The first-order valence-electron chi connectivity index (χ1n) is 6.86. The first-order chi connectivity index (χ1) is 8.05. The zero-order valence-electron chi connectivity index (χ0n) is 12.1. The molecule has 18 heavy (non-hydrogen) atoms. The predicted octanol–water partition coefficient (Wildman–Crippen LogP) is 2.25. The SMILES string of the molecule is C=C(CC[C@@H](O)C(C)(C)O)[C@H]1CC[C@@](C)(O)[C@H]1C. The maximum atomic E-state index is 10.2. The summed E-state index contributed by atoms with van der Waals surface area (Å²) in [6.45, 7) is 11.3. The fraction of sp³-hybridized carbons (Fsp3) is 0.867. The van der Waals surface area contributed by atoms with Crippen molar-refractivity contribution in [3.05, 3.63) is 12.2 Å². The third-order valence-corrected chi connectivity index (χ3v) is 4.62. The van der Waals surface area contributed by atoms with E-state index in [4.69, 9.17) is 0 Å². The molecule has 0 bridgehead atoms. The fourth-order valence-corrected chi connectivity index (χ4v) is 2.78. The van der Waals surface area contributed by atoms with Gasteiger partial charge < -0.3 is 15.3 Å². The average molecular weight is 256 g/mol. The minimum Gasteiger partial charge on any atom is -0.390 e. The Hall–Kier alpha value is -0.380. The molecule has 3 heteroatoms. The van der Waals surface area contributed by atoms with Gasteiger partial charge in [0.15, 0.2) is 0 Å². The first kappa shape index (κ1) is 15.7. The molecule has 0 unspecified atom stereocenters. The molecule has 0 aromatic heterocycles. The van der Waals surface area contributed by atoms with E-state index < -0.39 is 17.3 Å². The average Bonchev–Trinajstić information content (AvgIpc) is 2.49. The Labute approximate surface area is 111 Å². The van der Waals surface area contributed by atoms with Crippen LogP contribution in [-0.4, -0.2) is 32.6 Å². The Morgan fingerprint density at radius 3 is 2.44 bits per heavy atom. The van der Waals surface area contributed by atoms with Gasteiger partial charge in [0.1, 0.15) is 0 Å². The lowest BCUT2D eigenvalue weighted by Crippen LogP contribution is -2.36. The normalized spacial score (nSPS) is 34.6. The van der Waals surface area contributed by atoms with Crippen molar-refractivity contribution in [3.8, 4) is 0 Å². The summed E-state index contributed by atoms with van der Waals surface area (Å²) in [6, 6.07) is 0. The van der Waals surface area contributed by atoms with E-state index in [2.05, 4.69) is 13.5 Å². The van der Waals surface area contributed by atoms with E-state index >= 15 is 0 Å². The van der Waals surface area contributed by atoms with E-state index in [1.807, 2.05) is 6.92 Å². The molecule has 0 saturated heterocycles. The second kappa shape index (κ2) is 5.32. The molecule has 0 aromatic carbocycles.